The van der Waals surface area contributed by atoms with Crippen LogP contribution in [0.4, 0.5) is 10.1 Å². The minimum Gasteiger partial charge on any atom is -0.322 e. The molecule has 0 saturated heterocycles. The lowest BCUT2D eigenvalue weighted by Crippen LogP contribution is -2.13. The molecule has 0 fully saturated rings. The van der Waals surface area contributed by atoms with Gasteiger partial charge in [-0.2, -0.15) is 0 Å². The van der Waals surface area contributed by atoms with Gasteiger partial charge in [-0.3, -0.25) is 4.79 Å². The summed E-state index contributed by atoms with van der Waals surface area (Å²) in [5, 5.41) is 10.8. The number of amides is 1. The molecule has 5 nitrogen and oxygen atoms in total. The van der Waals surface area contributed by atoms with Crippen molar-refractivity contribution in [2.45, 2.75) is 20.4 Å². The summed E-state index contributed by atoms with van der Waals surface area (Å²) in [6, 6.07) is 11.5. The number of hydrogen-bond donors (Lipinski definition) is 1. The van der Waals surface area contributed by atoms with Crippen molar-refractivity contribution in [3.05, 3.63) is 65.7 Å². The highest BCUT2D eigenvalue weighted by Crippen LogP contribution is 2.21. The molecule has 0 aliphatic carbocycles. The Morgan fingerprint density at radius 3 is 2.88 bits per heavy atom. The van der Waals surface area contributed by atoms with Gasteiger partial charge in [-0.25, -0.2) is 4.39 Å². The first kappa shape index (κ1) is 15.9. The second-order valence-corrected chi connectivity index (χ2v) is 5.43. The summed E-state index contributed by atoms with van der Waals surface area (Å²) >= 11 is 0. The highest BCUT2D eigenvalue weighted by atomic mass is 19.1. The Morgan fingerprint density at radius 2 is 2.08 bits per heavy atom. The topological polar surface area (TPSA) is 59.8 Å². The van der Waals surface area contributed by atoms with Crippen molar-refractivity contribution >= 4 is 11.6 Å². The van der Waals surface area contributed by atoms with Gasteiger partial charge in [0.1, 0.15) is 12.1 Å². The molecule has 1 amide bonds. The van der Waals surface area contributed by atoms with Crippen molar-refractivity contribution in [2.75, 3.05) is 5.32 Å². The number of carbonyl (C=O) groups is 1. The van der Waals surface area contributed by atoms with E-state index in [9.17, 15) is 9.18 Å². The van der Waals surface area contributed by atoms with Crippen molar-refractivity contribution in [1.29, 1.82) is 0 Å². The van der Waals surface area contributed by atoms with Gasteiger partial charge in [-0.05, 0) is 43.7 Å². The average Bonchev–Trinajstić information content (AvgIpc) is 3.06. The molecular weight excluding hydrogens is 307 g/mol. The predicted octanol–water partition coefficient (Wildman–Crippen LogP) is 3.66. The van der Waals surface area contributed by atoms with Crippen LogP contribution in [0.3, 0.4) is 0 Å². The van der Waals surface area contributed by atoms with Crippen LogP contribution in [-0.4, -0.2) is 20.7 Å². The first-order valence-electron chi connectivity index (χ1n) is 7.64. The number of hydrogen-bond acceptors (Lipinski definition) is 3. The molecule has 3 rings (SSSR count). The van der Waals surface area contributed by atoms with Crippen LogP contribution < -0.4 is 5.32 Å². The molecule has 24 heavy (non-hydrogen) atoms. The molecule has 0 unspecified atom stereocenters. The van der Waals surface area contributed by atoms with Crippen LogP contribution in [-0.2, 0) is 6.54 Å². The summed E-state index contributed by atoms with van der Waals surface area (Å²) in [4.78, 5) is 12.4. The maximum Gasteiger partial charge on any atom is 0.256 e. The number of carbonyl (C=O) groups excluding carboxylic acids is 1. The van der Waals surface area contributed by atoms with Crippen molar-refractivity contribution in [3.63, 3.8) is 0 Å². The number of nitrogens with zero attached hydrogens (tertiary/aromatic N) is 3. The molecule has 1 N–H and O–H groups in total. The lowest BCUT2D eigenvalue weighted by Gasteiger charge is -2.09. The quantitative estimate of drug-likeness (QED) is 0.796. The maximum atomic E-state index is 13.4. The average molecular weight is 324 g/mol. The highest BCUT2D eigenvalue weighted by molar-refractivity contribution is 6.05. The molecule has 1 heterocycles. The van der Waals surface area contributed by atoms with E-state index in [1.165, 1.54) is 12.1 Å². The molecule has 2 aromatic carbocycles. The fourth-order valence-electron chi connectivity index (χ4n) is 2.48. The normalized spacial score (nSPS) is 10.6. The largest absolute Gasteiger partial charge is 0.322 e. The molecule has 1 aromatic heterocycles. The van der Waals surface area contributed by atoms with E-state index in [1.54, 1.807) is 25.4 Å². The number of aryl methyl sites for hydroxylation is 2. The third-order valence-corrected chi connectivity index (χ3v) is 3.78. The van der Waals surface area contributed by atoms with Crippen molar-refractivity contribution in [1.82, 2.24) is 14.8 Å². The van der Waals surface area contributed by atoms with Crippen molar-refractivity contribution in [3.8, 4) is 11.4 Å². The zero-order valence-electron chi connectivity index (χ0n) is 13.5. The Balaban J connectivity index is 1.87. The van der Waals surface area contributed by atoms with E-state index in [-0.39, 0.29) is 5.91 Å². The monoisotopic (exact) mass is 324 g/mol. The predicted molar refractivity (Wildman–Crippen MR) is 90.2 cm³/mol. The first-order chi connectivity index (χ1) is 11.6. The number of benzene rings is 2. The van der Waals surface area contributed by atoms with E-state index >= 15 is 0 Å². The Bertz CT molecular complexity index is 888. The summed E-state index contributed by atoms with van der Waals surface area (Å²) in [5.74, 6) is -0.0489. The third kappa shape index (κ3) is 3.17. The maximum absolute atomic E-state index is 13.4. The van der Waals surface area contributed by atoms with E-state index in [2.05, 4.69) is 15.5 Å². The molecule has 3 aromatic rings. The fourth-order valence-corrected chi connectivity index (χ4v) is 2.48. The minimum absolute atomic E-state index is 0.317. The zero-order valence-corrected chi connectivity index (χ0v) is 13.5. The van der Waals surface area contributed by atoms with E-state index in [4.69, 9.17) is 0 Å². The molecule has 0 saturated carbocycles. The number of nitrogens with one attached hydrogen (secondary N) is 1. The second-order valence-electron chi connectivity index (χ2n) is 5.43. The Labute approximate surface area is 139 Å². The van der Waals surface area contributed by atoms with Gasteiger partial charge < -0.3 is 9.88 Å². The summed E-state index contributed by atoms with van der Waals surface area (Å²) < 4.78 is 15.3. The van der Waals surface area contributed by atoms with E-state index < -0.39 is 5.82 Å². The molecular formula is C18H17FN4O. The van der Waals surface area contributed by atoms with Gasteiger partial charge >= 0.3 is 0 Å². The Kier molecular flexibility index (Phi) is 4.37. The number of halogens is 1. The van der Waals surface area contributed by atoms with E-state index in [1.807, 2.05) is 29.7 Å². The molecule has 0 spiro atoms. The Morgan fingerprint density at radius 1 is 1.25 bits per heavy atom. The van der Waals surface area contributed by atoms with Gasteiger partial charge in [-0.15, -0.1) is 10.2 Å². The lowest BCUT2D eigenvalue weighted by molar-refractivity contribution is 0.102. The summed E-state index contributed by atoms with van der Waals surface area (Å²) in [6.45, 7) is 4.53. The summed E-state index contributed by atoms with van der Waals surface area (Å²) in [7, 11) is 0. The van der Waals surface area contributed by atoms with Crippen LogP contribution in [0.2, 0.25) is 0 Å². The van der Waals surface area contributed by atoms with E-state index in [0.717, 1.165) is 23.5 Å². The lowest BCUT2D eigenvalue weighted by atomic mass is 10.1. The molecule has 0 aliphatic rings. The highest BCUT2D eigenvalue weighted by Gasteiger charge is 2.12. The minimum atomic E-state index is -0.435. The molecule has 122 valence electrons. The van der Waals surface area contributed by atoms with Gasteiger partial charge in [-0.1, -0.05) is 18.2 Å². The van der Waals surface area contributed by atoms with Gasteiger partial charge in [0.2, 0.25) is 0 Å². The zero-order chi connectivity index (χ0) is 17.1. The number of aromatic nitrogens is 3. The van der Waals surface area contributed by atoms with Crippen LogP contribution in [0.25, 0.3) is 11.4 Å². The van der Waals surface area contributed by atoms with Crippen molar-refractivity contribution in [2.24, 2.45) is 0 Å². The van der Waals surface area contributed by atoms with Gasteiger partial charge in [0.05, 0.1) is 0 Å². The molecule has 6 heteroatoms. The molecule has 0 bridgehead atoms. The van der Waals surface area contributed by atoms with Crippen LogP contribution in [0, 0.1) is 12.7 Å². The summed E-state index contributed by atoms with van der Waals surface area (Å²) in [6.07, 6.45) is 1.66. The SMILES string of the molecule is CCn1cnnc1-c1cccc(NC(=O)c2cc(F)ccc2C)c1. The molecule has 0 radical (unpaired) electrons. The van der Waals surface area contributed by atoms with Gasteiger partial charge in [0.25, 0.3) is 5.91 Å². The fraction of sp³-hybridized carbons (Fsp3) is 0.167. The smallest absolute Gasteiger partial charge is 0.256 e. The molecule has 0 atom stereocenters. The molecule has 0 aliphatic heterocycles. The van der Waals surface area contributed by atoms with Gasteiger partial charge in [0, 0.05) is 23.4 Å². The number of rotatable bonds is 4. The Hall–Kier alpha value is -3.02. The standard InChI is InChI=1S/C18H17FN4O/c1-3-23-11-20-22-17(23)13-5-4-6-15(9-13)21-18(24)16-10-14(19)8-7-12(16)2/h4-11H,3H2,1-2H3,(H,21,24). The van der Waals surface area contributed by atoms with Crippen molar-refractivity contribution < 1.29 is 9.18 Å². The second kappa shape index (κ2) is 6.62. The van der Waals surface area contributed by atoms with Crippen LogP contribution in [0.5, 0.6) is 0 Å². The van der Waals surface area contributed by atoms with Crippen LogP contribution in [0.1, 0.15) is 22.8 Å². The van der Waals surface area contributed by atoms with Gasteiger partial charge in [0.15, 0.2) is 5.82 Å². The van der Waals surface area contributed by atoms with E-state index in [0.29, 0.717) is 11.3 Å². The van der Waals surface area contributed by atoms with Crippen LogP contribution >= 0.6 is 0 Å². The summed E-state index contributed by atoms with van der Waals surface area (Å²) in [5.41, 5.74) is 2.50. The third-order valence-electron chi connectivity index (χ3n) is 3.78. The number of anilines is 1. The first-order valence-corrected chi connectivity index (χ1v) is 7.64. The van der Waals surface area contributed by atoms with Crippen LogP contribution in [0.15, 0.2) is 48.8 Å².